The maximum Gasteiger partial charge on any atom is 0.264 e. The Morgan fingerprint density at radius 1 is 1.23 bits per heavy atom. The molecule has 0 bridgehead atoms. The molecule has 1 unspecified atom stereocenters. The van der Waals surface area contributed by atoms with Crippen LogP contribution in [0.2, 0.25) is 0 Å². The van der Waals surface area contributed by atoms with Crippen molar-refractivity contribution in [2.75, 3.05) is 42.3 Å². The van der Waals surface area contributed by atoms with Gasteiger partial charge in [-0.25, -0.2) is 23.1 Å². The number of nitrogens with two attached hydrogens (primary N) is 1. The number of imidazole rings is 1. The van der Waals surface area contributed by atoms with Gasteiger partial charge in [-0.1, -0.05) is 12.1 Å². The number of nitrogens with zero attached hydrogens (tertiary/aromatic N) is 5. The molecular weight excluding hydrogens is 579 g/mol. The van der Waals surface area contributed by atoms with Crippen LogP contribution in [0.1, 0.15) is 40.5 Å². The van der Waals surface area contributed by atoms with E-state index in [1.54, 1.807) is 16.9 Å². The number of fused-ring (bicyclic) bond motifs is 1. The molecule has 4 aromatic rings. The normalized spacial score (nSPS) is 17.5. The number of carbonyl (C=O) groups excluding carboxylic acids is 1. The van der Waals surface area contributed by atoms with Crippen molar-refractivity contribution < 1.29 is 22.7 Å². The molecule has 1 amide bonds. The van der Waals surface area contributed by atoms with E-state index in [0.29, 0.717) is 35.2 Å². The van der Waals surface area contributed by atoms with Gasteiger partial charge in [-0.3, -0.25) is 15.1 Å². The van der Waals surface area contributed by atoms with Crippen molar-refractivity contribution in [2.24, 2.45) is 4.99 Å². The molecule has 2 aromatic heterocycles. The molecule has 2 aliphatic heterocycles. The first-order chi connectivity index (χ1) is 20.8. The van der Waals surface area contributed by atoms with Crippen molar-refractivity contribution in [2.45, 2.75) is 38.5 Å². The minimum atomic E-state index is -2.86. The molecule has 0 aliphatic carbocycles. The third-order valence-electron chi connectivity index (χ3n) is 7.81. The van der Waals surface area contributed by atoms with Crippen LogP contribution in [0.15, 0.2) is 53.2 Å². The van der Waals surface area contributed by atoms with Crippen LogP contribution in [0.4, 0.5) is 29.7 Å². The van der Waals surface area contributed by atoms with Crippen LogP contribution >= 0.6 is 11.3 Å². The molecule has 0 spiro atoms. The molecule has 2 aromatic carbocycles. The highest BCUT2D eigenvalue weighted by atomic mass is 32.1. The lowest BCUT2D eigenvalue weighted by Crippen LogP contribution is -2.36. The highest BCUT2D eigenvalue weighted by Crippen LogP contribution is 2.37. The summed E-state index contributed by atoms with van der Waals surface area (Å²) < 4.78 is 50.2. The number of benzene rings is 2. The second kappa shape index (κ2) is 12.2. The van der Waals surface area contributed by atoms with E-state index in [0.717, 1.165) is 24.3 Å². The summed E-state index contributed by atoms with van der Waals surface area (Å²) in [5.74, 6) is -0.569. The lowest BCUT2D eigenvalue weighted by molar-refractivity contribution is -0.117. The molecule has 0 radical (unpaired) electrons. The molecule has 9 nitrogen and oxygen atoms in total. The number of nitrogen functional groups attached to an aromatic ring is 1. The van der Waals surface area contributed by atoms with Gasteiger partial charge in [0.2, 0.25) is 0 Å². The molecule has 2 atom stereocenters. The first-order valence-corrected chi connectivity index (χ1v) is 14.7. The van der Waals surface area contributed by atoms with Gasteiger partial charge >= 0.3 is 0 Å². The van der Waals surface area contributed by atoms with Crippen molar-refractivity contribution >= 4 is 40.0 Å². The maximum absolute atomic E-state index is 14.5. The van der Waals surface area contributed by atoms with E-state index in [1.165, 1.54) is 36.1 Å². The zero-order valence-corrected chi connectivity index (χ0v) is 24.2. The van der Waals surface area contributed by atoms with Gasteiger partial charge in [0, 0.05) is 65.5 Å². The zero-order chi connectivity index (χ0) is 30.1. The number of morpholine rings is 1. The van der Waals surface area contributed by atoms with Crippen molar-refractivity contribution in [1.82, 2.24) is 14.5 Å². The Hall–Kier alpha value is -4.23. The van der Waals surface area contributed by atoms with E-state index in [9.17, 15) is 18.0 Å². The molecule has 13 heteroatoms. The summed E-state index contributed by atoms with van der Waals surface area (Å²) in [6, 6.07) is 7.91. The largest absolute Gasteiger partial charge is 0.398 e. The number of aliphatic imine (C=N–C) groups is 1. The Bertz CT molecular complexity index is 1630. The van der Waals surface area contributed by atoms with Gasteiger partial charge in [0.1, 0.15) is 6.17 Å². The lowest BCUT2D eigenvalue weighted by atomic mass is 9.92. The predicted molar refractivity (Wildman–Crippen MR) is 161 cm³/mol. The average Bonchev–Trinajstić information content (AvgIpc) is 3.74. The smallest absolute Gasteiger partial charge is 0.264 e. The molecule has 1 saturated heterocycles. The first-order valence-electron chi connectivity index (χ1n) is 13.9. The number of ether oxygens (including phenoxy) is 1. The van der Waals surface area contributed by atoms with E-state index in [1.807, 2.05) is 24.3 Å². The zero-order valence-electron chi connectivity index (χ0n) is 23.3. The van der Waals surface area contributed by atoms with Crippen LogP contribution in [0, 0.1) is 6.92 Å². The number of rotatable bonds is 8. The minimum Gasteiger partial charge on any atom is -0.398 e. The number of thiazole rings is 1. The number of anilines is 3. The molecule has 4 heterocycles. The molecule has 43 heavy (non-hydrogen) atoms. The summed E-state index contributed by atoms with van der Waals surface area (Å²) in [7, 11) is 0. The van der Waals surface area contributed by atoms with Crippen LogP contribution in [0.25, 0.3) is 11.1 Å². The molecular formula is C30H30F3N7O2S. The van der Waals surface area contributed by atoms with Gasteiger partial charge in [-0.2, -0.15) is 0 Å². The first kappa shape index (κ1) is 28.9. The number of hydrogen-bond acceptors (Lipinski definition) is 8. The molecule has 6 rings (SSSR count). The van der Waals surface area contributed by atoms with Crippen LogP contribution in [-0.4, -0.2) is 59.1 Å². The monoisotopic (exact) mass is 609 g/mol. The number of hydrogen-bond donors (Lipinski definition) is 2. The van der Waals surface area contributed by atoms with E-state index in [-0.39, 0.29) is 35.5 Å². The quantitative estimate of drug-likeness (QED) is 0.206. The topological polar surface area (TPSA) is 111 Å². The van der Waals surface area contributed by atoms with Crippen molar-refractivity contribution in [3.63, 3.8) is 0 Å². The number of amides is 1. The van der Waals surface area contributed by atoms with E-state index < -0.39 is 24.5 Å². The second-order valence-electron chi connectivity index (χ2n) is 10.5. The molecule has 1 fully saturated rings. The van der Waals surface area contributed by atoms with Gasteiger partial charge in [0.25, 0.3) is 12.3 Å². The lowest BCUT2D eigenvalue weighted by Gasteiger charge is -2.29. The number of carbonyl (C=O) groups is 1. The molecule has 0 saturated carbocycles. The number of nitrogens with one attached hydrogen (secondary N) is 1. The van der Waals surface area contributed by atoms with Gasteiger partial charge < -0.3 is 19.9 Å². The van der Waals surface area contributed by atoms with Crippen molar-refractivity contribution in [3.8, 4) is 11.1 Å². The third-order valence-corrected chi connectivity index (χ3v) is 8.50. The van der Waals surface area contributed by atoms with Crippen LogP contribution in [-0.2, 0) is 22.5 Å². The Morgan fingerprint density at radius 2 is 2.00 bits per heavy atom. The fourth-order valence-corrected chi connectivity index (χ4v) is 6.06. The van der Waals surface area contributed by atoms with Crippen LogP contribution in [0.3, 0.4) is 0 Å². The Balaban J connectivity index is 1.35. The van der Waals surface area contributed by atoms with Crippen LogP contribution < -0.4 is 16.0 Å². The summed E-state index contributed by atoms with van der Waals surface area (Å²) in [6.45, 7) is 4.78. The highest BCUT2D eigenvalue weighted by molar-refractivity contribution is 7.13. The summed E-state index contributed by atoms with van der Waals surface area (Å²) in [5, 5.41) is 4.74. The average molecular weight is 610 g/mol. The third kappa shape index (κ3) is 5.87. The van der Waals surface area contributed by atoms with Gasteiger partial charge in [0.15, 0.2) is 11.2 Å². The SMILES string of the molecule is Cc1c(-c2ccc(N3CCOCC3)cc2)cc(C(F)F)c(C=NC(C(=O)Nc2nccs2)c2ncn3c2C[C@@H](F)C3)c1N. The summed E-state index contributed by atoms with van der Waals surface area (Å²) >= 11 is 1.22. The maximum atomic E-state index is 14.5. The summed E-state index contributed by atoms with van der Waals surface area (Å²) in [6.07, 6.45) is 0.316. The van der Waals surface area contributed by atoms with Crippen molar-refractivity contribution in [3.05, 3.63) is 76.3 Å². The highest BCUT2D eigenvalue weighted by Gasteiger charge is 2.32. The Labute approximate surface area is 250 Å². The Morgan fingerprint density at radius 3 is 2.70 bits per heavy atom. The fraction of sp³-hybridized carbons (Fsp3) is 0.333. The summed E-state index contributed by atoms with van der Waals surface area (Å²) in [4.78, 5) is 28.4. The van der Waals surface area contributed by atoms with Crippen LogP contribution in [0.5, 0.6) is 0 Å². The molecule has 3 N–H and O–H groups in total. The van der Waals surface area contributed by atoms with Gasteiger partial charge in [-0.15, -0.1) is 11.3 Å². The number of alkyl halides is 3. The minimum absolute atomic E-state index is 0.0208. The number of aromatic nitrogens is 3. The second-order valence-corrected chi connectivity index (χ2v) is 11.3. The summed E-state index contributed by atoms with van der Waals surface area (Å²) in [5.41, 5.74) is 10.1. The number of halogens is 3. The van der Waals surface area contributed by atoms with Gasteiger partial charge in [-0.05, 0) is 41.8 Å². The predicted octanol–water partition coefficient (Wildman–Crippen LogP) is 5.36. The fourth-order valence-electron chi connectivity index (χ4n) is 5.53. The van der Waals surface area contributed by atoms with Crippen molar-refractivity contribution in [1.29, 1.82) is 0 Å². The van der Waals surface area contributed by atoms with Gasteiger partial charge in [0.05, 0.1) is 31.8 Å². The van der Waals surface area contributed by atoms with E-state index in [2.05, 4.69) is 25.2 Å². The van der Waals surface area contributed by atoms with E-state index in [4.69, 9.17) is 10.5 Å². The molecule has 224 valence electrons. The van der Waals surface area contributed by atoms with E-state index >= 15 is 0 Å². The Kier molecular flexibility index (Phi) is 8.17. The molecule has 2 aliphatic rings. The standard InChI is InChI=1S/C30H30F3N7O2S/c1-17-21(18-2-4-20(5-3-18)39-7-9-42-10-8-39)13-22(28(32)33)23(25(17)34)14-36-27(29(41)38-30-35-6-11-43-30)26-24-12-19(31)15-40(24)16-37-26/h2-6,11,13-14,16,19,27-28H,7-10,12,15,34H2,1H3,(H,35,38,41)/t19-,27?/m1/s1.